The molecule has 0 spiro atoms. The first-order valence-corrected chi connectivity index (χ1v) is 9.13. The average molecular weight is 356 g/mol. The number of ether oxygens (including phenoxy) is 1. The third-order valence-corrected chi connectivity index (χ3v) is 4.80. The van der Waals surface area contributed by atoms with Crippen LogP contribution in [0.15, 0.2) is 29.3 Å². The molecule has 1 aromatic carbocycles. The summed E-state index contributed by atoms with van der Waals surface area (Å²) in [6, 6.07) is 7.87. The highest BCUT2D eigenvalue weighted by Crippen LogP contribution is 2.25. The molecule has 1 aliphatic rings. The van der Waals surface area contributed by atoms with Gasteiger partial charge in [-0.15, -0.1) is 6.42 Å². The predicted octanol–water partition coefficient (Wildman–Crippen LogP) is 1.30. The van der Waals surface area contributed by atoms with Gasteiger partial charge in [0, 0.05) is 18.5 Å². The standard InChI is InChI=1S/C18H20N4O2S/c1-2-7-19-17(23)13-25-18-14-5-3-4-6-15(14)20-16(21-18)12-22-8-10-24-11-9-22/h1,3-6H,7-13H2,(H,19,23). The Morgan fingerprint density at radius 2 is 2.12 bits per heavy atom. The number of fused-ring (bicyclic) bond motifs is 1. The number of terminal acetylenes is 1. The zero-order valence-electron chi connectivity index (χ0n) is 13.9. The van der Waals surface area contributed by atoms with Crippen molar-refractivity contribution < 1.29 is 9.53 Å². The Kier molecular flexibility index (Phi) is 6.23. The van der Waals surface area contributed by atoms with Crippen LogP contribution < -0.4 is 5.32 Å². The van der Waals surface area contributed by atoms with Crippen LogP contribution >= 0.6 is 11.8 Å². The van der Waals surface area contributed by atoms with Crippen LogP contribution in [0, 0.1) is 12.3 Å². The van der Waals surface area contributed by atoms with Crippen LogP contribution in [0.3, 0.4) is 0 Å². The molecule has 1 aromatic heterocycles. The summed E-state index contributed by atoms with van der Waals surface area (Å²) >= 11 is 1.41. The smallest absolute Gasteiger partial charge is 0.231 e. The van der Waals surface area contributed by atoms with E-state index in [9.17, 15) is 4.79 Å². The van der Waals surface area contributed by atoms with Crippen LogP contribution in [0.25, 0.3) is 10.9 Å². The molecule has 130 valence electrons. The normalized spacial score (nSPS) is 15.0. The number of hydrogen-bond donors (Lipinski definition) is 1. The third-order valence-electron chi connectivity index (χ3n) is 3.81. The number of nitrogens with zero attached hydrogens (tertiary/aromatic N) is 3. The number of para-hydroxylation sites is 1. The Hall–Kier alpha value is -2.14. The molecular weight excluding hydrogens is 336 g/mol. The number of carbonyl (C=O) groups is 1. The van der Waals surface area contributed by atoms with Crippen LogP contribution in [0.5, 0.6) is 0 Å². The fourth-order valence-corrected chi connectivity index (χ4v) is 3.44. The van der Waals surface area contributed by atoms with Gasteiger partial charge in [0.25, 0.3) is 0 Å². The maximum atomic E-state index is 11.8. The van der Waals surface area contributed by atoms with Crippen molar-refractivity contribution in [3.05, 3.63) is 30.1 Å². The summed E-state index contributed by atoms with van der Waals surface area (Å²) < 4.78 is 5.38. The lowest BCUT2D eigenvalue weighted by Crippen LogP contribution is -2.36. The van der Waals surface area contributed by atoms with Gasteiger partial charge in [0.05, 0.1) is 37.6 Å². The van der Waals surface area contributed by atoms with Crippen molar-refractivity contribution in [1.29, 1.82) is 0 Å². The number of aromatic nitrogens is 2. The molecule has 0 aliphatic carbocycles. The van der Waals surface area contributed by atoms with Gasteiger partial charge in [-0.05, 0) is 6.07 Å². The van der Waals surface area contributed by atoms with E-state index in [2.05, 4.69) is 21.1 Å². The second-order valence-electron chi connectivity index (χ2n) is 5.62. The third kappa shape index (κ3) is 4.92. The summed E-state index contributed by atoms with van der Waals surface area (Å²) in [6.45, 7) is 4.17. The molecule has 2 aromatic rings. The van der Waals surface area contributed by atoms with Crippen molar-refractivity contribution >= 4 is 28.6 Å². The molecule has 1 N–H and O–H groups in total. The van der Waals surface area contributed by atoms with Gasteiger partial charge in [0.15, 0.2) is 0 Å². The van der Waals surface area contributed by atoms with Crippen molar-refractivity contribution in [3.8, 4) is 12.3 Å². The Morgan fingerprint density at radius 3 is 2.92 bits per heavy atom. The molecule has 0 atom stereocenters. The minimum atomic E-state index is -0.0969. The Balaban J connectivity index is 1.77. The fraction of sp³-hybridized carbons (Fsp3) is 0.389. The molecule has 1 aliphatic heterocycles. The van der Waals surface area contributed by atoms with Crippen LogP contribution in [-0.4, -0.2) is 59.4 Å². The summed E-state index contributed by atoms with van der Waals surface area (Å²) in [6.07, 6.45) is 5.16. The maximum Gasteiger partial charge on any atom is 0.231 e. The van der Waals surface area contributed by atoms with E-state index < -0.39 is 0 Å². The number of benzene rings is 1. The zero-order valence-corrected chi connectivity index (χ0v) is 14.7. The number of morpholine rings is 1. The molecule has 1 saturated heterocycles. The van der Waals surface area contributed by atoms with Crippen LogP contribution in [-0.2, 0) is 16.1 Å². The minimum absolute atomic E-state index is 0.0969. The van der Waals surface area contributed by atoms with E-state index >= 15 is 0 Å². The van der Waals surface area contributed by atoms with E-state index in [1.165, 1.54) is 11.8 Å². The number of nitrogens with one attached hydrogen (secondary N) is 1. The van der Waals surface area contributed by atoms with Crippen molar-refractivity contribution in [2.45, 2.75) is 11.6 Å². The first-order valence-electron chi connectivity index (χ1n) is 8.15. The largest absolute Gasteiger partial charge is 0.379 e. The van der Waals surface area contributed by atoms with Crippen molar-refractivity contribution in [3.63, 3.8) is 0 Å². The van der Waals surface area contributed by atoms with Gasteiger partial charge >= 0.3 is 0 Å². The Labute approximate surface area is 151 Å². The SMILES string of the molecule is C#CCNC(=O)CSc1nc(CN2CCOCC2)nc2ccccc12. The van der Waals surface area contributed by atoms with Crippen molar-refractivity contribution in [1.82, 2.24) is 20.2 Å². The first kappa shape index (κ1) is 17.7. The summed E-state index contributed by atoms with van der Waals surface area (Å²) in [5.41, 5.74) is 0.896. The van der Waals surface area contributed by atoms with Gasteiger partial charge in [0.2, 0.25) is 5.91 Å². The lowest BCUT2D eigenvalue weighted by atomic mass is 10.2. The summed E-state index contributed by atoms with van der Waals surface area (Å²) in [5.74, 6) is 3.35. The number of hydrogen-bond acceptors (Lipinski definition) is 6. The molecule has 3 rings (SSSR count). The summed E-state index contributed by atoms with van der Waals surface area (Å²) in [7, 11) is 0. The number of thioether (sulfide) groups is 1. The van der Waals surface area contributed by atoms with E-state index in [0.717, 1.165) is 48.1 Å². The second kappa shape index (κ2) is 8.81. The molecule has 6 nitrogen and oxygen atoms in total. The topological polar surface area (TPSA) is 67.4 Å². The minimum Gasteiger partial charge on any atom is -0.379 e. The summed E-state index contributed by atoms with van der Waals surface area (Å²) in [5, 5.41) is 4.45. The maximum absolute atomic E-state index is 11.8. The molecule has 25 heavy (non-hydrogen) atoms. The van der Waals surface area contributed by atoms with Crippen LogP contribution in [0.2, 0.25) is 0 Å². The number of carbonyl (C=O) groups excluding carboxylic acids is 1. The van der Waals surface area contributed by atoms with Gasteiger partial charge in [-0.2, -0.15) is 0 Å². The average Bonchev–Trinajstić information content (AvgIpc) is 2.65. The van der Waals surface area contributed by atoms with Gasteiger partial charge in [-0.25, -0.2) is 9.97 Å². The van der Waals surface area contributed by atoms with Gasteiger partial charge < -0.3 is 10.1 Å². The highest BCUT2D eigenvalue weighted by molar-refractivity contribution is 8.00. The lowest BCUT2D eigenvalue weighted by Gasteiger charge is -2.25. The van der Waals surface area contributed by atoms with Gasteiger partial charge in [0.1, 0.15) is 10.9 Å². The Morgan fingerprint density at radius 1 is 1.32 bits per heavy atom. The van der Waals surface area contributed by atoms with E-state index in [4.69, 9.17) is 16.1 Å². The molecule has 7 heteroatoms. The van der Waals surface area contributed by atoms with E-state index in [1.54, 1.807) is 0 Å². The van der Waals surface area contributed by atoms with E-state index in [0.29, 0.717) is 6.54 Å². The molecule has 0 saturated carbocycles. The fourth-order valence-electron chi connectivity index (χ4n) is 2.57. The van der Waals surface area contributed by atoms with Crippen LogP contribution in [0.1, 0.15) is 5.82 Å². The van der Waals surface area contributed by atoms with Crippen LogP contribution in [0.4, 0.5) is 0 Å². The summed E-state index contributed by atoms with van der Waals surface area (Å²) in [4.78, 5) is 23.5. The number of amides is 1. The molecule has 1 fully saturated rings. The first-order chi connectivity index (χ1) is 12.3. The highest BCUT2D eigenvalue weighted by atomic mass is 32.2. The molecule has 2 heterocycles. The zero-order chi connectivity index (χ0) is 17.5. The molecule has 0 radical (unpaired) electrons. The number of rotatable bonds is 6. The van der Waals surface area contributed by atoms with Gasteiger partial charge in [-0.3, -0.25) is 9.69 Å². The molecule has 0 bridgehead atoms. The van der Waals surface area contributed by atoms with E-state index in [-0.39, 0.29) is 18.2 Å². The highest BCUT2D eigenvalue weighted by Gasteiger charge is 2.15. The van der Waals surface area contributed by atoms with Crippen molar-refractivity contribution in [2.24, 2.45) is 0 Å². The lowest BCUT2D eigenvalue weighted by molar-refractivity contribution is -0.118. The Bertz CT molecular complexity index is 784. The quantitative estimate of drug-likeness (QED) is 0.478. The monoisotopic (exact) mass is 356 g/mol. The molecular formula is C18H20N4O2S. The second-order valence-corrected chi connectivity index (χ2v) is 6.58. The van der Waals surface area contributed by atoms with Crippen molar-refractivity contribution in [2.75, 3.05) is 38.6 Å². The predicted molar refractivity (Wildman–Crippen MR) is 98.2 cm³/mol. The molecule has 0 unspecified atom stereocenters. The van der Waals surface area contributed by atoms with E-state index in [1.807, 2.05) is 24.3 Å². The molecule has 1 amide bonds. The van der Waals surface area contributed by atoms with Gasteiger partial charge in [-0.1, -0.05) is 35.9 Å².